The monoisotopic (exact) mass is 349 g/mol. The number of fused-ring (bicyclic) bond motifs is 1. The van der Waals surface area contributed by atoms with Crippen molar-refractivity contribution in [2.75, 3.05) is 19.8 Å². The van der Waals surface area contributed by atoms with Crippen molar-refractivity contribution in [3.63, 3.8) is 0 Å². The molecule has 2 N–H and O–H groups in total. The number of carboxylic acid groups (broad SMARTS) is 1. The van der Waals surface area contributed by atoms with Crippen molar-refractivity contribution in [3.05, 3.63) is 29.3 Å². The first kappa shape index (κ1) is 17.7. The minimum absolute atomic E-state index is 0.0160. The van der Waals surface area contributed by atoms with Crippen LogP contribution in [-0.4, -0.2) is 49.0 Å². The van der Waals surface area contributed by atoms with Crippen molar-refractivity contribution in [1.29, 1.82) is 0 Å². The minimum Gasteiger partial charge on any atom is -0.493 e. The molecule has 3 rings (SSSR count). The van der Waals surface area contributed by atoms with Gasteiger partial charge in [0, 0.05) is 13.0 Å². The molecule has 3 atom stereocenters. The number of carboxylic acids is 1. The van der Waals surface area contributed by atoms with Crippen molar-refractivity contribution in [2.24, 2.45) is 0 Å². The van der Waals surface area contributed by atoms with E-state index in [2.05, 4.69) is 5.32 Å². The molecule has 1 aromatic rings. The van der Waals surface area contributed by atoms with Gasteiger partial charge in [0.05, 0.1) is 19.3 Å². The van der Waals surface area contributed by atoms with Gasteiger partial charge in [-0.1, -0.05) is 6.07 Å². The van der Waals surface area contributed by atoms with Crippen molar-refractivity contribution in [3.8, 4) is 5.75 Å². The number of carbonyl (C=O) groups is 2. The zero-order chi connectivity index (χ0) is 17.8. The average molecular weight is 349 g/mol. The Labute approximate surface area is 146 Å². The number of aliphatic carboxylic acids is 1. The lowest BCUT2D eigenvalue weighted by Crippen LogP contribution is -2.41. The van der Waals surface area contributed by atoms with Crippen LogP contribution in [0.1, 0.15) is 36.9 Å². The highest BCUT2D eigenvalue weighted by molar-refractivity contribution is 5.86. The molecule has 0 saturated carbocycles. The molecule has 0 aromatic heterocycles. The molecule has 25 heavy (non-hydrogen) atoms. The molecule has 136 valence electrons. The van der Waals surface area contributed by atoms with Crippen LogP contribution in [0.3, 0.4) is 0 Å². The summed E-state index contributed by atoms with van der Waals surface area (Å²) in [5.41, 5.74) is 1.48. The Morgan fingerprint density at radius 1 is 1.40 bits per heavy atom. The van der Waals surface area contributed by atoms with Gasteiger partial charge in [-0.25, -0.2) is 4.79 Å². The number of nitrogens with one attached hydrogen (secondary N) is 1. The SMILES string of the molecule is CC(OCC1CCCO1)C(=O)NC(C(=O)O)c1ccc2c(c1)CCO2. The van der Waals surface area contributed by atoms with E-state index < -0.39 is 24.0 Å². The van der Waals surface area contributed by atoms with Gasteiger partial charge in [-0.3, -0.25) is 4.79 Å². The summed E-state index contributed by atoms with van der Waals surface area (Å²) in [6, 6.07) is 4.07. The van der Waals surface area contributed by atoms with Crippen molar-refractivity contribution in [1.82, 2.24) is 5.32 Å². The van der Waals surface area contributed by atoms with Gasteiger partial charge in [-0.05, 0) is 43.0 Å². The number of carbonyl (C=O) groups excluding carboxylic acids is 1. The fourth-order valence-corrected chi connectivity index (χ4v) is 3.04. The third-order valence-electron chi connectivity index (χ3n) is 4.51. The lowest BCUT2D eigenvalue weighted by Gasteiger charge is -2.20. The number of amides is 1. The van der Waals surface area contributed by atoms with Gasteiger partial charge >= 0.3 is 5.97 Å². The van der Waals surface area contributed by atoms with E-state index in [0.717, 1.165) is 37.2 Å². The summed E-state index contributed by atoms with van der Waals surface area (Å²) in [5.74, 6) is -0.798. The van der Waals surface area contributed by atoms with Crippen LogP contribution >= 0.6 is 0 Å². The average Bonchev–Trinajstić information content (AvgIpc) is 3.27. The number of hydrogen-bond donors (Lipinski definition) is 2. The Bertz CT molecular complexity index is 640. The Hall–Kier alpha value is -2.12. The smallest absolute Gasteiger partial charge is 0.330 e. The van der Waals surface area contributed by atoms with Crippen LogP contribution in [0, 0.1) is 0 Å². The first-order chi connectivity index (χ1) is 12.0. The third-order valence-corrected chi connectivity index (χ3v) is 4.51. The normalized spacial score (nSPS) is 21.2. The second-order valence-electron chi connectivity index (χ2n) is 6.36. The van der Waals surface area contributed by atoms with Gasteiger partial charge in [0.25, 0.3) is 0 Å². The number of benzene rings is 1. The molecule has 1 amide bonds. The van der Waals surface area contributed by atoms with Crippen LogP contribution in [0.5, 0.6) is 5.75 Å². The Morgan fingerprint density at radius 3 is 2.96 bits per heavy atom. The fraction of sp³-hybridized carbons (Fsp3) is 0.556. The predicted octanol–water partition coefficient (Wildman–Crippen LogP) is 1.45. The molecule has 1 aromatic carbocycles. The van der Waals surface area contributed by atoms with Crippen molar-refractivity contribution in [2.45, 2.75) is 44.4 Å². The summed E-state index contributed by atoms with van der Waals surface area (Å²) < 4.78 is 16.4. The number of hydrogen-bond acceptors (Lipinski definition) is 5. The maximum Gasteiger partial charge on any atom is 0.330 e. The molecule has 1 fully saturated rings. The van der Waals surface area contributed by atoms with Crippen LogP contribution in [0.15, 0.2) is 18.2 Å². The van der Waals surface area contributed by atoms with Gasteiger partial charge in [-0.15, -0.1) is 0 Å². The second-order valence-corrected chi connectivity index (χ2v) is 6.36. The molecule has 3 unspecified atom stereocenters. The van der Waals surface area contributed by atoms with E-state index in [4.69, 9.17) is 14.2 Å². The summed E-state index contributed by atoms with van der Waals surface area (Å²) in [4.78, 5) is 23.9. The molecule has 7 heteroatoms. The highest BCUT2D eigenvalue weighted by atomic mass is 16.5. The molecule has 1 saturated heterocycles. The summed E-state index contributed by atoms with van der Waals surface area (Å²) in [5, 5.41) is 12.1. The lowest BCUT2D eigenvalue weighted by atomic mass is 10.0. The summed E-state index contributed by atoms with van der Waals surface area (Å²) in [7, 11) is 0. The zero-order valence-electron chi connectivity index (χ0n) is 14.2. The number of rotatable bonds is 7. The minimum atomic E-state index is -1.12. The van der Waals surface area contributed by atoms with Crippen LogP contribution in [0.2, 0.25) is 0 Å². The van der Waals surface area contributed by atoms with Gasteiger partial charge < -0.3 is 24.6 Å². The fourth-order valence-electron chi connectivity index (χ4n) is 3.04. The van der Waals surface area contributed by atoms with Gasteiger partial charge in [0.2, 0.25) is 5.91 Å². The molecular formula is C18H23NO6. The molecule has 0 bridgehead atoms. The highest BCUT2D eigenvalue weighted by Crippen LogP contribution is 2.28. The van der Waals surface area contributed by atoms with Crippen LogP contribution in [0.4, 0.5) is 0 Å². The van der Waals surface area contributed by atoms with E-state index in [1.54, 1.807) is 25.1 Å². The van der Waals surface area contributed by atoms with E-state index in [0.29, 0.717) is 18.8 Å². The zero-order valence-corrected chi connectivity index (χ0v) is 14.2. The van der Waals surface area contributed by atoms with E-state index in [-0.39, 0.29) is 6.10 Å². The van der Waals surface area contributed by atoms with Gasteiger partial charge in [0.1, 0.15) is 11.9 Å². The van der Waals surface area contributed by atoms with E-state index in [1.165, 1.54) is 0 Å². The standard InChI is InChI=1S/C18H23NO6/c1-11(25-10-14-3-2-7-23-14)17(20)19-16(18(21)22)13-4-5-15-12(9-13)6-8-24-15/h4-5,9,11,14,16H,2-3,6-8,10H2,1H3,(H,19,20)(H,21,22). The van der Waals surface area contributed by atoms with Crippen molar-refractivity contribution >= 4 is 11.9 Å². The topological polar surface area (TPSA) is 94.1 Å². The summed E-state index contributed by atoms with van der Waals surface area (Å²) >= 11 is 0. The van der Waals surface area contributed by atoms with Gasteiger partial charge in [0.15, 0.2) is 6.04 Å². The molecule has 7 nitrogen and oxygen atoms in total. The molecule has 2 aliphatic rings. The Kier molecular flexibility index (Phi) is 5.55. The maximum atomic E-state index is 12.3. The maximum absolute atomic E-state index is 12.3. The Balaban J connectivity index is 1.60. The summed E-state index contributed by atoms with van der Waals surface area (Å²) in [6.45, 7) is 3.26. The molecule has 0 radical (unpaired) electrons. The molecule has 2 heterocycles. The molecule has 0 spiro atoms. The third kappa shape index (κ3) is 4.29. The van der Waals surface area contributed by atoms with Crippen LogP contribution in [0.25, 0.3) is 0 Å². The van der Waals surface area contributed by atoms with Gasteiger partial charge in [-0.2, -0.15) is 0 Å². The first-order valence-electron chi connectivity index (χ1n) is 8.56. The predicted molar refractivity (Wildman–Crippen MR) is 88.5 cm³/mol. The Morgan fingerprint density at radius 2 is 2.24 bits per heavy atom. The molecular weight excluding hydrogens is 326 g/mol. The molecule has 0 aliphatic carbocycles. The van der Waals surface area contributed by atoms with Crippen molar-refractivity contribution < 1.29 is 28.9 Å². The molecule has 2 aliphatic heterocycles. The quantitative estimate of drug-likeness (QED) is 0.774. The van der Waals surface area contributed by atoms with E-state index in [9.17, 15) is 14.7 Å². The van der Waals surface area contributed by atoms with E-state index in [1.807, 2.05) is 0 Å². The largest absolute Gasteiger partial charge is 0.493 e. The summed E-state index contributed by atoms with van der Waals surface area (Å²) in [6.07, 6.45) is 1.93. The highest BCUT2D eigenvalue weighted by Gasteiger charge is 2.27. The first-order valence-corrected chi connectivity index (χ1v) is 8.56. The lowest BCUT2D eigenvalue weighted by molar-refractivity contribution is -0.145. The van der Waals surface area contributed by atoms with Crippen LogP contribution in [-0.2, 0) is 25.5 Å². The van der Waals surface area contributed by atoms with E-state index >= 15 is 0 Å². The second kappa shape index (κ2) is 7.84. The number of ether oxygens (including phenoxy) is 3. The van der Waals surface area contributed by atoms with Crippen LogP contribution < -0.4 is 10.1 Å².